The molecule has 1 atom stereocenters. The normalized spacial score (nSPS) is 31.9. The molecule has 0 aromatic carbocycles. The second-order valence-corrected chi connectivity index (χ2v) is 14.0. The van der Waals surface area contributed by atoms with Crippen LogP contribution in [0.1, 0.15) is 59.3 Å². The van der Waals surface area contributed by atoms with Crippen molar-refractivity contribution in [1.29, 1.82) is 0 Å². The molecule has 4 rings (SSSR count). The van der Waals surface area contributed by atoms with Gasteiger partial charge in [0.1, 0.15) is 9.02 Å². The first-order valence-electron chi connectivity index (χ1n) is 12.1. The number of ether oxygens (including phenoxy) is 1. The molecule has 4 fully saturated rings. The Balaban J connectivity index is 1.89. The van der Waals surface area contributed by atoms with Gasteiger partial charge in [0.25, 0.3) is 0 Å². The summed E-state index contributed by atoms with van der Waals surface area (Å²) >= 11 is 0.880. The monoisotopic (exact) mass is 708 g/mol. The van der Waals surface area contributed by atoms with Crippen LogP contribution >= 0.6 is 22.6 Å². The van der Waals surface area contributed by atoms with E-state index in [0.717, 1.165) is 29.0 Å². The first-order valence-corrected chi connectivity index (χ1v) is 13.1. The minimum absolute atomic E-state index is 0.195. The number of hydrogen-bond donors (Lipinski definition) is 0. The maximum absolute atomic E-state index is 14.6. The van der Waals surface area contributed by atoms with E-state index in [1.54, 1.807) is 13.8 Å². The van der Waals surface area contributed by atoms with E-state index in [9.17, 15) is 61.9 Å². The third kappa shape index (κ3) is 4.71. The van der Waals surface area contributed by atoms with Crippen LogP contribution in [0.3, 0.4) is 0 Å². The largest absolute Gasteiger partial charge is 0.460 e. The van der Waals surface area contributed by atoms with Crippen molar-refractivity contribution in [3.63, 3.8) is 0 Å². The summed E-state index contributed by atoms with van der Waals surface area (Å²) in [7, 11) is 0. The van der Waals surface area contributed by atoms with Gasteiger partial charge in [0, 0.05) is 6.42 Å². The van der Waals surface area contributed by atoms with Crippen molar-refractivity contribution < 1.29 is 66.6 Å². The first kappa shape index (κ1) is 32.8. The van der Waals surface area contributed by atoms with Crippen LogP contribution in [0.2, 0.25) is 0 Å². The Morgan fingerprint density at radius 1 is 0.744 bits per heavy atom. The lowest BCUT2D eigenvalue weighted by molar-refractivity contribution is -0.440. The second-order valence-electron chi connectivity index (χ2n) is 11.6. The van der Waals surface area contributed by atoms with Crippen molar-refractivity contribution in [1.82, 2.24) is 0 Å². The van der Waals surface area contributed by atoms with Gasteiger partial charge >= 0.3 is 41.8 Å². The molecule has 4 aliphatic carbocycles. The molecule has 0 amide bonds. The van der Waals surface area contributed by atoms with Gasteiger partial charge in [-0.25, -0.2) is 0 Å². The van der Waals surface area contributed by atoms with Crippen LogP contribution in [0.15, 0.2) is 0 Å². The Morgan fingerprint density at radius 3 is 1.49 bits per heavy atom. The Kier molecular flexibility index (Phi) is 7.90. The van der Waals surface area contributed by atoms with Crippen molar-refractivity contribution in [2.75, 3.05) is 0 Å². The highest BCUT2D eigenvalue weighted by Crippen LogP contribution is 2.64. The average molecular weight is 708 g/mol. The van der Waals surface area contributed by atoms with Crippen LogP contribution in [-0.4, -0.2) is 50.8 Å². The molecule has 39 heavy (non-hydrogen) atoms. The summed E-state index contributed by atoms with van der Waals surface area (Å²) in [5, 5.41) is 0. The molecule has 4 aliphatic rings. The van der Waals surface area contributed by atoms with Gasteiger partial charge in [-0.3, -0.25) is 4.79 Å². The highest BCUT2D eigenvalue weighted by Gasteiger charge is 2.90. The Morgan fingerprint density at radius 2 is 1.13 bits per heavy atom. The van der Waals surface area contributed by atoms with Crippen LogP contribution in [0, 0.1) is 29.6 Å². The number of carbonyl (C=O) groups is 1. The summed E-state index contributed by atoms with van der Waals surface area (Å²) in [5.41, 5.74) is -1.19. The molecule has 4 bridgehead atoms. The zero-order chi connectivity index (χ0) is 30.4. The molecule has 0 heterocycles. The molecule has 2 nitrogen and oxygen atoms in total. The van der Waals surface area contributed by atoms with Crippen LogP contribution in [0.25, 0.3) is 0 Å². The van der Waals surface area contributed by atoms with Gasteiger partial charge in [-0.1, -0.05) is 36.4 Å². The van der Waals surface area contributed by atoms with E-state index in [4.69, 9.17) is 4.74 Å². The lowest BCUT2D eigenvalue weighted by Crippen LogP contribution is -2.70. The Labute approximate surface area is 228 Å². The van der Waals surface area contributed by atoms with Gasteiger partial charge in [0.2, 0.25) is 0 Å². The lowest BCUT2D eigenvalue weighted by atomic mass is 9.47. The zero-order valence-electron chi connectivity index (χ0n) is 20.7. The Bertz CT molecular complexity index is 930. The van der Waals surface area contributed by atoms with Crippen molar-refractivity contribution in [3.8, 4) is 0 Å². The first-order chi connectivity index (χ1) is 17.2. The number of halogens is 14. The van der Waals surface area contributed by atoms with Gasteiger partial charge in [-0.05, 0) is 68.6 Å². The summed E-state index contributed by atoms with van der Waals surface area (Å²) < 4.78 is 179. The van der Waals surface area contributed by atoms with E-state index in [0.29, 0.717) is 44.4 Å². The van der Waals surface area contributed by atoms with Gasteiger partial charge in [0.15, 0.2) is 0 Å². The number of rotatable bonds is 9. The lowest BCUT2D eigenvalue weighted by Gasteiger charge is -2.62. The molecule has 16 heteroatoms. The minimum atomic E-state index is -7.98. The zero-order valence-corrected chi connectivity index (χ0v) is 22.9. The molecule has 0 spiro atoms. The highest BCUT2D eigenvalue weighted by molar-refractivity contribution is 14.1. The highest BCUT2D eigenvalue weighted by atomic mass is 127. The fraction of sp³-hybridized carbons (Fsp3) is 0.957. The van der Waals surface area contributed by atoms with E-state index in [-0.39, 0.29) is 17.8 Å². The van der Waals surface area contributed by atoms with E-state index < -0.39 is 57.2 Å². The van der Waals surface area contributed by atoms with Gasteiger partial charge in [-0.2, -0.15) is 57.1 Å². The third-order valence-corrected chi connectivity index (χ3v) is 9.39. The van der Waals surface area contributed by atoms with Crippen molar-refractivity contribution in [3.05, 3.63) is 0 Å². The van der Waals surface area contributed by atoms with Crippen LogP contribution in [-0.2, 0) is 9.53 Å². The van der Waals surface area contributed by atoms with Gasteiger partial charge < -0.3 is 4.74 Å². The van der Waals surface area contributed by atoms with Crippen LogP contribution in [0.4, 0.5) is 57.1 Å². The minimum Gasteiger partial charge on any atom is -0.457 e. The summed E-state index contributed by atoms with van der Waals surface area (Å²) in [6, 6.07) is 0. The number of hydrogen-bond acceptors (Lipinski definition) is 2. The fourth-order valence-electron chi connectivity index (χ4n) is 6.82. The molecule has 0 aliphatic heterocycles. The summed E-state index contributed by atoms with van der Waals surface area (Å²) in [4.78, 5) is 13.1. The maximum Gasteiger partial charge on any atom is 0.460 e. The molecule has 1 unspecified atom stereocenters. The molecule has 4 saturated carbocycles. The summed E-state index contributed by atoms with van der Waals surface area (Å²) in [6.45, 7) is 3.98. The molecule has 0 aromatic heterocycles. The van der Waals surface area contributed by atoms with Gasteiger partial charge in [-0.15, -0.1) is 0 Å². The number of alkyl halides is 14. The van der Waals surface area contributed by atoms with Crippen molar-refractivity contribution in [2.24, 2.45) is 29.6 Å². The molecule has 0 N–H and O–H groups in total. The molecule has 228 valence electrons. The van der Waals surface area contributed by atoms with E-state index in [1.807, 2.05) is 0 Å². The quantitative estimate of drug-likeness (QED) is 0.104. The summed E-state index contributed by atoms with van der Waals surface area (Å²) in [6.07, 6.45) is -6.51. The summed E-state index contributed by atoms with van der Waals surface area (Å²) in [5.74, 6) is -39.1. The van der Waals surface area contributed by atoms with Crippen molar-refractivity contribution in [2.45, 2.75) is 104 Å². The number of carbonyl (C=O) groups excluding carboxylic acids is 1. The Hall–Kier alpha value is -0.710. The van der Waals surface area contributed by atoms with E-state index in [1.165, 1.54) is 0 Å². The predicted molar refractivity (Wildman–Crippen MR) is 119 cm³/mol. The second kappa shape index (κ2) is 9.40. The fourth-order valence-corrected chi connectivity index (χ4v) is 7.41. The van der Waals surface area contributed by atoms with E-state index in [2.05, 4.69) is 0 Å². The maximum atomic E-state index is 14.6. The molecular weight excluding hydrogens is 682 g/mol. The number of esters is 1. The SMILES string of the molecule is CC(C)C1(OC(=O)C(C)(I)CC(F)(F)C(F)(F)C(F)(F)C(F)(F)C(F)(F)C(F)(F)F)C2CC3CC(C2)CC1C3. The van der Waals surface area contributed by atoms with Crippen molar-refractivity contribution >= 4 is 28.6 Å². The predicted octanol–water partition coefficient (Wildman–Crippen LogP) is 8.70. The van der Waals surface area contributed by atoms with E-state index >= 15 is 0 Å². The molecule has 0 saturated heterocycles. The average Bonchev–Trinajstić information content (AvgIpc) is 2.73. The molecular formula is C23H26F13IO2. The third-order valence-electron chi connectivity index (χ3n) is 8.56. The topological polar surface area (TPSA) is 26.3 Å². The standard InChI is InChI=1S/C23H26F13IO2/c1-10(2)18(13-5-11-4-12(7-13)8-14(18)6-11)39-15(38)16(3,37)9-17(24,25)19(26,27)20(28,29)21(30,31)22(32,33)23(34,35)36/h10-14H,4-9H2,1-3H3. The van der Waals surface area contributed by atoms with Crippen LogP contribution in [0.5, 0.6) is 0 Å². The van der Waals surface area contributed by atoms with Crippen LogP contribution < -0.4 is 0 Å². The smallest absolute Gasteiger partial charge is 0.457 e. The van der Waals surface area contributed by atoms with Gasteiger partial charge in [0.05, 0.1) is 0 Å². The molecule has 0 radical (unpaired) electrons. The molecule has 0 aromatic rings.